The number of unbranched alkanes of at least 4 members (excludes halogenated alkanes) is 16. The van der Waals surface area contributed by atoms with Crippen LogP contribution < -0.4 is 0 Å². The maximum Gasteiger partial charge on any atom is 0.475 e. The van der Waals surface area contributed by atoms with Gasteiger partial charge in [0.25, 0.3) is 0 Å². The molecule has 0 radical (unpaired) electrons. The van der Waals surface area contributed by atoms with Crippen molar-refractivity contribution in [2.75, 3.05) is 54.1 Å². The van der Waals surface area contributed by atoms with Gasteiger partial charge in [0.05, 0.1) is 34.4 Å². The molecule has 0 aromatic carbocycles. The molecule has 0 aliphatic heterocycles. The van der Waals surface area contributed by atoms with E-state index in [1.807, 2.05) is 21.1 Å². The monoisotopic (exact) mass is 650 g/mol. The first-order chi connectivity index (χ1) is 21.0. The van der Waals surface area contributed by atoms with Crippen molar-refractivity contribution in [3.05, 3.63) is 0 Å². The van der Waals surface area contributed by atoms with Crippen LogP contribution in [0.15, 0.2) is 0 Å². The third-order valence-electron chi connectivity index (χ3n) is 7.41. The van der Waals surface area contributed by atoms with E-state index in [-0.39, 0.29) is 44.8 Å². The van der Waals surface area contributed by atoms with Gasteiger partial charge in [0.15, 0.2) is 6.10 Å². The third-order valence-corrected chi connectivity index (χ3v) is 8.95. The van der Waals surface area contributed by atoms with Crippen LogP contribution in [0.1, 0.15) is 149 Å². The topological polar surface area (TPSA) is 97.4 Å². The first kappa shape index (κ1) is 43.0. The Kier molecular flexibility index (Phi) is 27.6. The standard InChI is InChI=1S/C34H69NO8P/c1-7-10-12-14-16-18-20-22-24-26-33(36)39-30-32(31-42-44(38,40-9-3)41-29-28-35(4,5)6)43-34(37)27-25-23-21-19-17-15-13-11-8-2/h32H,7-31H2,1-6H3/q+1. The van der Waals surface area contributed by atoms with Crippen molar-refractivity contribution in [2.45, 2.75) is 155 Å². The molecule has 0 rings (SSSR count). The fourth-order valence-corrected chi connectivity index (χ4v) is 5.84. The molecule has 0 saturated heterocycles. The van der Waals surface area contributed by atoms with Crippen LogP contribution in [0, 0.1) is 0 Å². The van der Waals surface area contributed by atoms with Crippen molar-refractivity contribution in [2.24, 2.45) is 0 Å². The molecule has 0 aliphatic rings. The molecule has 44 heavy (non-hydrogen) atoms. The van der Waals surface area contributed by atoms with Crippen molar-refractivity contribution in [3.63, 3.8) is 0 Å². The van der Waals surface area contributed by atoms with E-state index in [9.17, 15) is 14.2 Å². The van der Waals surface area contributed by atoms with Crippen LogP contribution in [0.4, 0.5) is 0 Å². The second-order valence-corrected chi connectivity index (χ2v) is 14.6. The Bertz CT molecular complexity index is 743. The maximum atomic E-state index is 13.2. The Hall–Kier alpha value is -0.990. The van der Waals surface area contributed by atoms with Crippen molar-refractivity contribution in [1.29, 1.82) is 0 Å². The van der Waals surface area contributed by atoms with Crippen LogP contribution in [0.25, 0.3) is 0 Å². The van der Waals surface area contributed by atoms with Gasteiger partial charge in [0.2, 0.25) is 0 Å². The summed E-state index contributed by atoms with van der Waals surface area (Å²) < 4.78 is 41.3. The van der Waals surface area contributed by atoms with Gasteiger partial charge in [-0.3, -0.25) is 23.2 Å². The summed E-state index contributed by atoms with van der Waals surface area (Å²) in [5.41, 5.74) is 0. The number of quaternary nitrogens is 1. The number of likely N-dealkylation sites (N-methyl/N-ethyl adjacent to an activating group) is 1. The van der Waals surface area contributed by atoms with Crippen molar-refractivity contribution >= 4 is 19.8 Å². The molecule has 9 nitrogen and oxygen atoms in total. The number of hydrogen-bond acceptors (Lipinski definition) is 8. The molecule has 0 spiro atoms. The molecular weight excluding hydrogens is 581 g/mol. The van der Waals surface area contributed by atoms with Crippen molar-refractivity contribution < 1.29 is 41.7 Å². The molecular formula is C34H69NO8P+. The van der Waals surface area contributed by atoms with E-state index in [2.05, 4.69) is 13.8 Å². The van der Waals surface area contributed by atoms with Crippen LogP contribution in [0.2, 0.25) is 0 Å². The van der Waals surface area contributed by atoms with E-state index in [1.54, 1.807) is 6.92 Å². The molecule has 2 unspecified atom stereocenters. The molecule has 0 saturated carbocycles. The first-order valence-electron chi connectivity index (χ1n) is 17.7. The van der Waals surface area contributed by atoms with Gasteiger partial charge in [-0.15, -0.1) is 0 Å². The largest absolute Gasteiger partial charge is 0.475 e. The Labute approximate surface area is 270 Å². The highest BCUT2D eigenvalue weighted by atomic mass is 31.2. The van der Waals surface area contributed by atoms with Gasteiger partial charge in [-0.1, -0.05) is 117 Å². The molecule has 0 aromatic heterocycles. The van der Waals surface area contributed by atoms with Crippen LogP contribution >= 0.6 is 7.82 Å². The predicted octanol–water partition coefficient (Wildman–Crippen LogP) is 9.17. The van der Waals surface area contributed by atoms with Gasteiger partial charge in [-0.05, 0) is 19.8 Å². The Morgan fingerprint density at radius 2 is 1.05 bits per heavy atom. The lowest BCUT2D eigenvalue weighted by Gasteiger charge is -2.25. The summed E-state index contributed by atoms with van der Waals surface area (Å²) in [4.78, 5) is 25.1. The first-order valence-corrected chi connectivity index (χ1v) is 19.2. The normalized spacial score (nSPS) is 13.9. The zero-order valence-electron chi connectivity index (χ0n) is 29.4. The second kappa shape index (κ2) is 28.3. The van der Waals surface area contributed by atoms with Crippen LogP contribution in [0.3, 0.4) is 0 Å². The van der Waals surface area contributed by atoms with E-state index >= 15 is 0 Å². The summed E-state index contributed by atoms with van der Waals surface area (Å²) in [6.45, 7) is 6.65. The summed E-state index contributed by atoms with van der Waals surface area (Å²) in [6.07, 6.45) is 20.5. The predicted molar refractivity (Wildman–Crippen MR) is 179 cm³/mol. The molecule has 0 aliphatic carbocycles. The number of hydrogen-bond donors (Lipinski definition) is 0. The van der Waals surface area contributed by atoms with E-state index in [1.165, 1.54) is 77.0 Å². The van der Waals surface area contributed by atoms with Gasteiger partial charge >= 0.3 is 19.8 Å². The SMILES string of the molecule is CCCCCCCCCCCC(=O)OCC(COP(=O)(OCC)OCC[N+](C)(C)C)OC(=O)CCCCCCCCCCC. The summed E-state index contributed by atoms with van der Waals surface area (Å²) in [6, 6.07) is 0. The average Bonchev–Trinajstić information content (AvgIpc) is 2.96. The molecule has 10 heteroatoms. The number of phosphoric ester groups is 1. The summed E-state index contributed by atoms with van der Waals surface area (Å²) in [5, 5.41) is 0. The lowest BCUT2D eigenvalue weighted by Crippen LogP contribution is -2.37. The average molecular weight is 651 g/mol. The fraction of sp³-hybridized carbons (Fsp3) is 0.941. The highest BCUT2D eigenvalue weighted by molar-refractivity contribution is 7.48. The van der Waals surface area contributed by atoms with Gasteiger partial charge in [-0.25, -0.2) is 4.57 Å². The van der Waals surface area contributed by atoms with Crippen molar-refractivity contribution in [1.82, 2.24) is 0 Å². The molecule has 0 heterocycles. The summed E-state index contributed by atoms with van der Waals surface area (Å²) in [5.74, 6) is -0.714. The van der Waals surface area contributed by atoms with Crippen LogP contribution in [-0.4, -0.2) is 76.6 Å². The Morgan fingerprint density at radius 3 is 1.50 bits per heavy atom. The third kappa shape index (κ3) is 28.5. The van der Waals surface area contributed by atoms with Crippen LogP contribution in [-0.2, 0) is 37.2 Å². The van der Waals surface area contributed by atoms with E-state index in [4.69, 9.17) is 23.0 Å². The number of carbonyl (C=O) groups is 2. The lowest BCUT2D eigenvalue weighted by molar-refractivity contribution is -0.870. The number of phosphoric acid groups is 1. The molecule has 0 bridgehead atoms. The molecule has 0 aromatic rings. The maximum absolute atomic E-state index is 13.2. The van der Waals surface area contributed by atoms with E-state index in [0.29, 0.717) is 17.4 Å². The zero-order valence-corrected chi connectivity index (χ0v) is 30.3. The van der Waals surface area contributed by atoms with Gasteiger partial charge < -0.3 is 14.0 Å². The number of carbonyl (C=O) groups excluding carboxylic acids is 2. The summed E-state index contributed by atoms with van der Waals surface area (Å²) >= 11 is 0. The zero-order chi connectivity index (χ0) is 32.9. The second-order valence-electron chi connectivity index (χ2n) is 13.0. The number of esters is 2. The molecule has 0 amide bonds. The van der Waals surface area contributed by atoms with Gasteiger partial charge in [-0.2, -0.15) is 0 Å². The number of ether oxygens (including phenoxy) is 2. The molecule has 0 fully saturated rings. The van der Waals surface area contributed by atoms with Gasteiger partial charge in [0.1, 0.15) is 19.8 Å². The smallest absolute Gasteiger partial charge is 0.462 e. The molecule has 262 valence electrons. The lowest BCUT2D eigenvalue weighted by atomic mass is 10.1. The van der Waals surface area contributed by atoms with Crippen LogP contribution in [0.5, 0.6) is 0 Å². The van der Waals surface area contributed by atoms with Crippen molar-refractivity contribution in [3.8, 4) is 0 Å². The Balaban J connectivity index is 4.73. The van der Waals surface area contributed by atoms with E-state index < -0.39 is 13.9 Å². The molecule has 0 N–H and O–H groups in total. The number of nitrogens with zero attached hydrogens (tertiary/aromatic N) is 1. The quantitative estimate of drug-likeness (QED) is 0.0308. The van der Waals surface area contributed by atoms with E-state index in [0.717, 1.165) is 38.5 Å². The highest BCUT2D eigenvalue weighted by Crippen LogP contribution is 2.49. The minimum atomic E-state index is -3.87. The minimum absolute atomic E-state index is 0.137. The Morgan fingerprint density at radius 1 is 0.591 bits per heavy atom. The summed E-state index contributed by atoms with van der Waals surface area (Å²) in [7, 11) is 2.13. The highest BCUT2D eigenvalue weighted by Gasteiger charge is 2.30. The minimum Gasteiger partial charge on any atom is -0.462 e. The fourth-order valence-electron chi connectivity index (χ4n) is 4.65. The van der Waals surface area contributed by atoms with Gasteiger partial charge in [0, 0.05) is 12.8 Å². The molecule has 2 atom stereocenters. The number of rotatable bonds is 32.